The summed E-state index contributed by atoms with van der Waals surface area (Å²) in [5.41, 5.74) is -0.197. The molecule has 3 aromatic rings. The zero-order chi connectivity index (χ0) is 13.6. The number of hydrogen-bond donors (Lipinski definition) is 1. The first kappa shape index (κ1) is 11.9. The Morgan fingerprint density at radius 3 is 2.47 bits per heavy atom. The molecule has 0 fully saturated rings. The fourth-order valence-electron chi connectivity index (χ4n) is 2.18. The molecule has 1 aromatic heterocycles. The van der Waals surface area contributed by atoms with Crippen molar-refractivity contribution in [3.8, 4) is 0 Å². The van der Waals surface area contributed by atoms with Gasteiger partial charge in [-0.3, -0.25) is 14.9 Å². The molecule has 19 heavy (non-hydrogen) atoms. The lowest BCUT2D eigenvalue weighted by Gasteiger charge is -2.05. The van der Waals surface area contributed by atoms with Crippen molar-refractivity contribution >= 4 is 43.3 Å². The molecule has 0 aliphatic heterocycles. The van der Waals surface area contributed by atoms with Crippen molar-refractivity contribution in [3.05, 3.63) is 61.3 Å². The van der Waals surface area contributed by atoms with E-state index in [1.807, 2.05) is 0 Å². The number of fused-ring (bicyclic) bond motifs is 3. The van der Waals surface area contributed by atoms with Gasteiger partial charge in [0.1, 0.15) is 5.52 Å². The van der Waals surface area contributed by atoms with E-state index in [0.717, 1.165) is 0 Å². The van der Waals surface area contributed by atoms with Crippen LogP contribution >= 0.6 is 15.9 Å². The number of aromatic nitrogens is 1. The zero-order valence-electron chi connectivity index (χ0n) is 9.51. The predicted octanol–water partition coefficient (Wildman–Crippen LogP) is 3.35. The number of nitro benzene ring substituents is 1. The first-order valence-electron chi connectivity index (χ1n) is 5.46. The van der Waals surface area contributed by atoms with Crippen LogP contribution < -0.4 is 5.56 Å². The molecule has 0 bridgehead atoms. The molecule has 1 N–H and O–H groups in total. The van der Waals surface area contributed by atoms with Gasteiger partial charge in [0.25, 0.3) is 11.2 Å². The van der Waals surface area contributed by atoms with Crippen LogP contribution in [0.5, 0.6) is 0 Å². The van der Waals surface area contributed by atoms with Gasteiger partial charge in [-0.2, -0.15) is 0 Å². The van der Waals surface area contributed by atoms with Crippen molar-refractivity contribution in [1.29, 1.82) is 0 Å². The second-order valence-electron chi connectivity index (χ2n) is 4.10. The quantitative estimate of drug-likeness (QED) is 0.424. The molecule has 0 radical (unpaired) electrons. The van der Waals surface area contributed by atoms with Crippen LogP contribution in [0.2, 0.25) is 0 Å². The molecule has 5 nitrogen and oxygen atoms in total. The third-order valence-corrected chi connectivity index (χ3v) is 3.44. The summed E-state index contributed by atoms with van der Waals surface area (Å²) in [6.07, 6.45) is 0. The number of pyridine rings is 1. The van der Waals surface area contributed by atoms with Gasteiger partial charge in [0, 0.05) is 21.3 Å². The lowest BCUT2D eigenvalue weighted by atomic mass is 10.1. The Morgan fingerprint density at radius 1 is 1.11 bits per heavy atom. The van der Waals surface area contributed by atoms with E-state index >= 15 is 0 Å². The molecule has 0 atom stereocenters. The Kier molecular flexibility index (Phi) is 2.60. The molecular weight excluding hydrogens is 312 g/mol. The average molecular weight is 319 g/mol. The Labute approximate surface area is 115 Å². The molecule has 94 valence electrons. The number of benzene rings is 2. The standard InChI is InChI=1S/C13H7BrN2O3/c14-7-5-10-8-3-1-2-4-9(8)13(17)15-12(10)11(6-7)16(18)19/h1-6H,(H,15,17). The van der Waals surface area contributed by atoms with Crippen molar-refractivity contribution in [2.75, 3.05) is 0 Å². The van der Waals surface area contributed by atoms with Crippen LogP contribution in [0.15, 0.2) is 45.7 Å². The molecule has 0 aliphatic rings. The predicted molar refractivity (Wildman–Crippen MR) is 76.4 cm³/mol. The number of aromatic amines is 1. The Morgan fingerprint density at radius 2 is 1.79 bits per heavy atom. The monoisotopic (exact) mass is 318 g/mol. The number of nitro groups is 1. The van der Waals surface area contributed by atoms with Gasteiger partial charge in [0.2, 0.25) is 0 Å². The summed E-state index contributed by atoms with van der Waals surface area (Å²) in [4.78, 5) is 25.1. The van der Waals surface area contributed by atoms with Crippen LogP contribution in [0.4, 0.5) is 5.69 Å². The molecule has 0 saturated heterocycles. The first-order valence-corrected chi connectivity index (χ1v) is 6.26. The molecule has 2 aromatic carbocycles. The first-order chi connectivity index (χ1) is 9.08. The molecule has 0 unspecified atom stereocenters. The number of nitrogens with one attached hydrogen (secondary N) is 1. The highest BCUT2D eigenvalue weighted by atomic mass is 79.9. The summed E-state index contributed by atoms with van der Waals surface area (Å²) >= 11 is 3.26. The number of non-ortho nitro benzene ring substituents is 1. The van der Waals surface area contributed by atoms with Gasteiger partial charge < -0.3 is 4.98 Å². The van der Waals surface area contributed by atoms with Gasteiger partial charge in [-0.25, -0.2) is 0 Å². The average Bonchev–Trinajstić information content (AvgIpc) is 2.39. The smallest absolute Gasteiger partial charge is 0.294 e. The van der Waals surface area contributed by atoms with Crippen molar-refractivity contribution in [3.63, 3.8) is 0 Å². The number of nitrogens with zero attached hydrogens (tertiary/aromatic N) is 1. The second-order valence-corrected chi connectivity index (χ2v) is 5.02. The second kappa shape index (κ2) is 4.17. The maximum Gasteiger partial charge on any atom is 0.294 e. The third kappa shape index (κ3) is 1.80. The zero-order valence-corrected chi connectivity index (χ0v) is 11.1. The lowest BCUT2D eigenvalue weighted by Crippen LogP contribution is -2.07. The van der Waals surface area contributed by atoms with Crippen LogP contribution in [0.25, 0.3) is 21.7 Å². The van der Waals surface area contributed by atoms with E-state index in [1.54, 1.807) is 30.3 Å². The van der Waals surface area contributed by atoms with E-state index in [0.29, 0.717) is 20.6 Å². The van der Waals surface area contributed by atoms with Crippen LogP contribution in [-0.4, -0.2) is 9.91 Å². The highest BCUT2D eigenvalue weighted by Gasteiger charge is 2.16. The van der Waals surface area contributed by atoms with Gasteiger partial charge in [0.15, 0.2) is 0 Å². The summed E-state index contributed by atoms with van der Waals surface area (Å²) in [5, 5.41) is 12.9. The summed E-state index contributed by atoms with van der Waals surface area (Å²) < 4.78 is 0.601. The summed E-state index contributed by atoms with van der Waals surface area (Å²) in [6, 6.07) is 10.2. The van der Waals surface area contributed by atoms with Gasteiger partial charge in [-0.1, -0.05) is 34.1 Å². The van der Waals surface area contributed by atoms with Crippen molar-refractivity contribution in [1.82, 2.24) is 4.98 Å². The summed E-state index contributed by atoms with van der Waals surface area (Å²) in [6.45, 7) is 0. The minimum atomic E-state index is -0.502. The molecule has 0 spiro atoms. The van der Waals surface area contributed by atoms with Gasteiger partial charge >= 0.3 is 0 Å². The maximum atomic E-state index is 12.0. The largest absolute Gasteiger partial charge is 0.316 e. The van der Waals surface area contributed by atoms with Crippen LogP contribution in [0.1, 0.15) is 0 Å². The maximum absolute atomic E-state index is 12.0. The van der Waals surface area contributed by atoms with Gasteiger partial charge in [-0.15, -0.1) is 0 Å². The highest BCUT2D eigenvalue weighted by molar-refractivity contribution is 9.10. The van der Waals surface area contributed by atoms with E-state index in [4.69, 9.17) is 0 Å². The van der Waals surface area contributed by atoms with Crippen molar-refractivity contribution in [2.24, 2.45) is 0 Å². The minimum absolute atomic E-state index is 0.118. The number of hydrogen-bond acceptors (Lipinski definition) is 3. The fraction of sp³-hybridized carbons (Fsp3) is 0. The molecule has 0 aliphatic carbocycles. The SMILES string of the molecule is O=c1[nH]c2c([N+](=O)[O-])cc(Br)cc2c2ccccc12. The molecule has 1 heterocycles. The van der Waals surface area contributed by atoms with Gasteiger partial charge in [0.05, 0.1) is 4.92 Å². The fourth-order valence-corrected chi connectivity index (χ4v) is 2.62. The number of H-pyrrole nitrogens is 1. The topological polar surface area (TPSA) is 76.0 Å². The molecule has 3 rings (SSSR count). The molecular formula is C13H7BrN2O3. The van der Waals surface area contributed by atoms with Crippen LogP contribution in [0.3, 0.4) is 0 Å². The van der Waals surface area contributed by atoms with E-state index < -0.39 is 4.92 Å². The number of rotatable bonds is 1. The highest BCUT2D eigenvalue weighted by Crippen LogP contribution is 2.31. The van der Waals surface area contributed by atoms with Gasteiger partial charge in [-0.05, 0) is 17.5 Å². The molecule has 0 saturated carbocycles. The summed E-state index contributed by atoms with van der Waals surface area (Å²) in [5.74, 6) is 0. The van der Waals surface area contributed by atoms with E-state index in [1.165, 1.54) is 6.07 Å². The van der Waals surface area contributed by atoms with Crippen LogP contribution in [-0.2, 0) is 0 Å². The Bertz CT molecular complexity index is 886. The Hall–Kier alpha value is -2.21. The van der Waals surface area contributed by atoms with E-state index in [-0.39, 0.29) is 16.8 Å². The lowest BCUT2D eigenvalue weighted by molar-refractivity contribution is -0.383. The third-order valence-electron chi connectivity index (χ3n) is 2.98. The molecule has 6 heteroatoms. The van der Waals surface area contributed by atoms with E-state index in [2.05, 4.69) is 20.9 Å². The van der Waals surface area contributed by atoms with E-state index in [9.17, 15) is 14.9 Å². The Balaban J connectivity index is 2.64. The number of halogens is 1. The summed E-state index contributed by atoms with van der Waals surface area (Å²) in [7, 11) is 0. The van der Waals surface area contributed by atoms with Crippen molar-refractivity contribution < 1.29 is 4.92 Å². The van der Waals surface area contributed by atoms with Crippen LogP contribution in [0, 0.1) is 10.1 Å². The minimum Gasteiger partial charge on any atom is -0.316 e. The molecule has 0 amide bonds. The van der Waals surface area contributed by atoms with Crippen molar-refractivity contribution in [2.45, 2.75) is 0 Å². The normalized spacial score (nSPS) is 11.0.